The average molecular weight is 332 g/mol. The fraction of sp³-hybridized carbons (Fsp3) is 0.0667. The smallest absolute Gasteiger partial charge is 0.310 e. The molecule has 0 spiro atoms. The molecule has 3 rings (SSSR count). The number of hydrogen-bond donors (Lipinski definition) is 0. The van der Waals surface area contributed by atoms with E-state index in [1.807, 2.05) is 0 Å². The summed E-state index contributed by atoms with van der Waals surface area (Å²) in [6, 6.07) is 13.1. The fourth-order valence-corrected chi connectivity index (χ4v) is 2.15. The minimum absolute atomic E-state index is 0.0567. The van der Waals surface area contributed by atoms with Gasteiger partial charge < -0.3 is 9.26 Å². The van der Waals surface area contributed by atoms with Gasteiger partial charge >= 0.3 is 5.69 Å². The van der Waals surface area contributed by atoms with Crippen molar-refractivity contribution in [3.63, 3.8) is 0 Å². The fourth-order valence-electron chi connectivity index (χ4n) is 1.93. The van der Waals surface area contributed by atoms with E-state index in [0.29, 0.717) is 10.6 Å². The van der Waals surface area contributed by atoms with E-state index < -0.39 is 4.92 Å². The van der Waals surface area contributed by atoms with Gasteiger partial charge in [0.1, 0.15) is 0 Å². The maximum Gasteiger partial charge on any atom is 0.310 e. The molecule has 0 aliphatic heterocycles. The first-order valence-corrected chi connectivity index (χ1v) is 6.96. The van der Waals surface area contributed by atoms with Crippen LogP contribution >= 0.6 is 11.6 Å². The highest BCUT2D eigenvalue weighted by molar-refractivity contribution is 6.33. The Morgan fingerprint density at radius 2 is 1.91 bits per heavy atom. The van der Waals surface area contributed by atoms with Crippen LogP contribution in [0.2, 0.25) is 5.02 Å². The number of nitro benzene ring substituents is 1. The Morgan fingerprint density at radius 1 is 1.17 bits per heavy atom. The van der Waals surface area contributed by atoms with Gasteiger partial charge in [-0.25, -0.2) is 0 Å². The predicted molar refractivity (Wildman–Crippen MR) is 82.2 cm³/mol. The molecule has 0 saturated carbocycles. The summed E-state index contributed by atoms with van der Waals surface area (Å²) in [5, 5.41) is 15.2. The van der Waals surface area contributed by atoms with E-state index in [1.54, 1.807) is 36.4 Å². The van der Waals surface area contributed by atoms with Crippen LogP contribution in [-0.4, -0.2) is 15.1 Å². The molecule has 0 unspecified atom stereocenters. The predicted octanol–water partition coefficient (Wildman–Crippen LogP) is 3.88. The first kappa shape index (κ1) is 15.0. The van der Waals surface area contributed by atoms with Gasteiger partial charge in [0.15, 0.2) is 12.4 Å². The molecule has 23 heavy (non-hydrogen) atoms. The van der Waals surface area contributed by atoms with Crippen LogP contribution in [0.4, 0.5) is 5.69 Å². The molecule has 1 heterocycles. The van der Waals surface area contributed by atoms with Crippen molar-refractivity contribution in [2.24, 2.45) is 0 Å². The molecule has 0 aliphatic carbocycles. The molecule has 2 aromatic carbocycles. The van der Waals surface area contributed by atoms with Crippen molar-refractivity contribution in [3.05, 3.63) is 69.5 Å². The molecule has 0 saturated heterocycles. The highest BCUT2D eigenvalue weighted by Gasteiger charge is 2.16. The first-order valence-electron chi connectivity index (χ1n) is 6.59. The van der Waals surface area contributed by atoms with Crippen molar-refractivity contribution in [3.8, 4) is 17.2 Å². The molecule has 116 valence electrons. The highest BCUT2D eigenvalue weighted by Crippen LogP contribution is 2.28. The van der Waals surface area contributed by atoms with Crippen molar-refractivity contribution in [1.82, 2.24) is 10.1 Å². The summed E-state index contributed by atoms with van der Waals surface area (Å²) in [7, 11) is 0. The number of ether oxygens (including phenoxy) is 1. The van der Waals surface area contributed by atoms with Crippen LogP contribution in [-0.2, 0) is 6.61 Å². The summed E-state index contributed by atoms with van der Waals surface area (Å²) in [6.07, 6.45) is 0. The van der Waals surface area contributed by atoms with Crippen LogP contribution in [0.25, 0.3) is 11.5 Å². The minimum Gasteiger partial charge on any atom is -0.478 e. The third-order valence-corrected chi connectivity index (χ3v) is 3.32. The van der Waals surface area contributed by atoms with E-state index in [0.717, 1.165) is 0 Å². The standard InChI is InChI=1S/C15H10ClN3O4/c16-11-6-2-1-5-10(11)15-17-14(18-23-15)9-22-13-8-4-3-7-12(13)19(20)21/h1-8H,9H2. The zero-order chi connectivity index (χ0) is 16.2. The molecule has 0 amide bonds. The van der Waals surface area contributed by atoms with Gasteiger partial charge in [-0.2, -0.15) is 4.98 Å². The lowest BCUT2D eigenvalue weighted by Crippen LogP contribution is -2.00. The number of nitrogens with zero attached hydrogens (tertiary/aromatic N) is 3. The zero-order valence-corrected chi connectivity index (χ0v) is 12.4. The Labute approximate surface area is 135 Å². The van der Waals surface area contributed by atoms with Crippen LogP contribution < -0.4 is 4.74 Å². The van der Waals surface area contributed by atoms with E-state index in [2.05, 4.69) is 10.1 Å². The Morgan fingerprint density at radius 3 is 2.70 bits per heavy atom. The third-order valence-electron chi connectivity index (χ3n) is 2.99. The van der Waals surface area contributed by atoms with Crippen molar-refractivity contribution < 1.29 is 14.2 Å². The summed E-state index contributed by atoms with van der Waals surface area (Å²) >= 11 is 6.06. The number of aromatic nitrogens is 2. The molecule has 3 aromatic rings. The highest BCUT2D eigenvalue weighted by atomic mass is 35.5. The van der Waals surface area contributed by atoms with E-state index >= 15 is 0 Å². The molecule has 7 nitrogen and oxygen atoms in total. The third kappa shape index (κ3) is 3.29. The van der Waals surface area contributed by atoms with Crippen LogP contribution in [0.15, 0.2) is 53.1 Å². The second-order valence-electron chi connectivity index (χ2n) is 4.51. The summed E-state index contributed by atoms with van der Waals surface area (Å²) in [4.78, 5) is 14.6. The molecule has 0 fully saturated rings. The molecule has 0 aliphatic rings. The van der Waals surface area contributed by atoms with E-state index in [1.165, 1.54) is 12.1 Å². The number of halogens is 1. The van der Waals surface area contributed by atoms with Crippen molar-refractivity contribution in [1.29, 1.82) is 0 Å². The molecular formula is C15H10ClN3O4. The van der Waals surface area contributed by atoms with Crippen molar-refractivity contribution in [2.75, 3.05) is 0 Å². The lowest BCUT2D eigenvalue weighted by atomic mass is 10.2. The Bertz CT molecular complexity index is 850. The number of hydrogen-bond acceptors (Lipinski definition) is 6. The van der Waals surface area contributed by atoms with E-state index in [4.69, 9.17) is 20.9 Å². The van der Waals surface area contributed by atoms with Gasteiger partial charge in [-0.3, -0.25) is 10.1 Å². The van der Waals surface area contributed by atoms with Gasteiger partial charge in [-0.1, -0.05) is 41.0 Å². The van der Waals surface area contributed by atoms with Crippen LogP contribution in [0.5, 0.6) is 5.75 Å². The van der Waals surface area contributed by atoms with Gasteiger partial charge in [-0.05, 0) is 18.2 Å². The van der Waals surface area contributed by atoms with Gasteiger partial charge in [-0.15, -0.1) is 0 Å². The van der Waals surface area contributed by atoms with Gasteiger partial charge in [0.25, 0.3) is 5.89 Å². The molecular weight excluding hydrogens is 322 g/mol. The molecule has 1 aromatic heterocycles. The van der Waals surface area contributed by atoms with Crippen molar-refractivity contribution >= 4 is 17.3 Å². The summed E-state index contributed by atoms with van der Waals surface area (Å²) in [6.45, 7) is -0.0567. The number of benzene rings is 2. The SMILES string of the molecule is O=[N+]([O-])c1ccccc1OCc1noc(-c2ccccc2Cl)n1. The number of nitro groups is 1. The maximum atomic E-state index is 10.9. The van der Waals surface area contributed by atoms with E-state index in [9.17, 15) is 10.1 Å². The molecule has 0 radical (unpaired) electrons. The van der Waals surface area contributed by atoms with E-state index in [-0.39, 0.29) is 29.8 Å². The monoisotopic (exact) mass is 331 g/mol. The van der Waals surface area contributed by atoms with Gasteiger partial charge in [0, 0.05) is 6.07 Å². The quantitative estimate of drug-likeness (QED) is 0.520. The number of para-hydroxylation sites is 2. The summed E-state index contributed by atoms with van der Waals surface area (Å²) in [5.74, 6) is 0.663. The Balaban J connectivity index is 1.76. The van der Waals surface area contributed by atoms with Crippen LogP contribution in [0, 0.1) is 10.1 Å². The van der Waals surface area contributed by atoms with Crippen LogP contribution in [0.1, 0.15) is 5.82 Å². The molecule has 8 heteroatoms. The van der Waals surface area contributed by atoms with Crippen LogP contribution in [0.3, 0.4) is 0 Å². The lowest BCUT2D eigenvalue weighted by Gasteiger charge is -2.03. The lowest BCUT2D eigenvalue weighted by molar-refractivity contribution is -0.385. The number of rotatable bonds is 5. The Kier molecular flexibility index (Phi) is 4.20. The zero-order valence-electron chi connectivity index (χ0n) is 11.7. The second kappa shape index (κ2) is 6.45. The normalized spacial score (nSPS) is 10.5. The first-order chi connectivity index (χ1) is 11.1. The molecule has 0 N–H and O–H groups in total. The second-order valence-corrected chi connectivity index (χ2v) is 4.92. The largest absolute Gasteiger partial charge is 0.478 e. The summed E-state index contributed by atoms with van der Waals surface area (Å²) < 4.78 is 10.5. The van der Waals surface area contributed by atoms with Gasteiger partial charge in [0.2, 0.25) is 5.82 Å². The maximum absolute atomic E-state index is 10.9. The summed E-state index contributed by atoms with van der Waals surface area (Å²) in [5.41, 5.74) is 0.487. The Hall–Kier alpha value is -2.93. The van der Waals surface area contributed by atoms with Gasteiger partial charge in [0.05, 0.1) is 15.5 Å². The molecule has 0 bridgehead atoms. The molecule has 0 atom stereocenters. The minimum atomic E-state index is -0.513. The van der Waals surface area contributed by atoms with Crippen molar-refractivity contribution in [2.45, 2.75) is 6.61 Å². The topological polar surface area (TPSA) is 91.3 Å². The average Bonchev–Trinajstić information content (AvgIpc) is 3.02.